The van der Waals surface area contributed by atoms with E-state index in [-0.39, 0.29) is 12.3 Å². The standard InChI is InChI=1S/C32H32N2O6S/c1-31(2)27(24-13-9-6-10-14-24)34(30(37)39-31)29(36)32(3,28(35)25-19-26(41-4)40-33-25)38-20-21-15-17-23(18-16-21)22-11-7-5-8-12-22/h5-19,27-28,35H,20H2,1-4H3/t27-,28-,32-/m0/s1. The summed E-state index contributed by atoms with van der Waals surface area (Å²) in [7, 11) is 0. The zero-order chi connectivity index (χ0) is 29.2. The smallest absolute Gasteiger partial charge is 0.417 e. The van der Waals surface area contributed by atoms with E-state index in [1.54, 1.807) is 19.9 Å². The molecule has 0 saturated carbocycles. The molecule has 0 radical (unpaired) electrons. The van der Waals surface area contributed by atoms with Crippen LogP contribution in [0.15, 0.2) is 101 Å². The van der Waals surface area contributed by atoms with Gasteiger partial charge in [-0.2, -0.15) is 0 Å². The number of rotatable bonds is 9. The van der Waals surface area contributed by atoms with Gasteiger partial charge in [0.05, 0.1) is 6.61 Å². The van der Waals surface area contributed by atoms with Crippen LogP contribution in [0.25, 0.3) is 11.1 Å². The van der Waals surface area contributed by atoms with Crippen molar-refractivity contribution >= 4 is 23.8 Å². The van der Waals surface area contributed by atoms with Crippen molar-refractivity contribution in [1.29, 1.82) is 0 Å². The van der Waals surface area contributed by atoms with Crippen LogP contribution < -0.4 is 0 Å². The molecule has 0 bridgehead atoms. The second kappa shape index (κ2) is 11.5. The van der Waals surface area contributed by atoms with Gasteiger partial charge in [0.15, 0.2) is 10.7 Å². The minimum Gasteiger partial charge on any atom is -0.440 e. The lowest BCUT2D eigenvalue weighted by Gasteiger charge is -2.37. The molecule has 2 heterocycles. The Hall–Kier alpha value is -3.92. The Labute approximate surface area is 243 Å². The number of aliphatic hydroxyl groups is 1. The summed E-state index contributed by atoms with van der Waals surface area (Å²) in [4.78, 5) is 28.7. The van der Waals surface area contributed by atoms with Gasteiger partial charge in [0.25, 0.3) is 5.91 Å². The van der Waals surface area contributed by atoms with Gasteiger partial charge in [0.1, 0.15) is 23.4 Å². The molecule has 1 aromatic heterocycles. The highest BCUT2D eigenvalue weighted by Gasteiger charge is 2.57. The molecule has 0 unspecified atom stereocenters. The van der Waals surface area contributed by atoms with Gasteiger partial charge in [-0.3, -0.25) is 4.79 Å². The van der Waals surface area contributed by atoms with E-state index in [0.29, 0.717) is 5.09 Å². The number of ether oxygens (including phenoxy) is 2. The molecule has 1 aliphatic heterocycles. The summed E-state index contributed by atoms with van der Waals surface area (Å²) in [6.07, 6.45) is -0.548. The Bertz CT molecular complexity index is 1510. The van der Waals surface area contributed by atoms with Crippen LogP contribution in [0.4, 0.5) is 4.79 Å². The van der Waals surface area contributed by atoms with Crippen LogP contribution in [0.3, 0.4) is 0 Å². The van der Waals surface area contributed by atoms with Crippen molar-refractivity contribution < 1.29 is 28.7 Å². The molecule has 1 N–H and O–H groups in total. The predicted molar refractivity (Wildman–Crippen MR) is 155 cm³/mol. The zero-order valence-corrected chi connectivity index (χ0v) is 24.1. The molecule has 41 heavy (non-hydrogen) atoms. The maximum absolute atomic E-state index is 14.4. The lowest BCUT2D eigenvalue weighted by molar-refractivity contribution is -0.175. The maximum Gasteiger partial charge on any atom is 0.417 e. The van der Waals surface area contributed by atoms with E-state index < -0.39 is 35.3 Å². The second-order valence-electron chi connectivity index (χ2n) is 10.6. The van der Waals surface area contributed by atoms with Crippen LogP contribution in [0, 0.1) is 0 Å². The Balaban J connectivity index is 1.48. The van der Waals surface area contributed by atoms with E-state index >= 15 is 0 Å². The average molecular weight is 573 g/mol. The van der Waals surface area contributed by atoms with Gasteiger partial charge < -0.3 is 19.1 Å². The molecule has 2 amide bonds. The van der Waals surface area contributed by atoms with Crippen LogP contribution in [0.5, 0.6) is 0 Å². The minimum absolute atomic E-state index is 0.0100. The third-order valence-corrected chi connectivity index (χ3v) is 7.93. The highest BCUT2D eigenvalue weighted by Crippen LogP contribution is 2.44. The molecular weight excluding hydrogens is 540 g/mol. The van der Waals surface area contributed by atoms with Gasteiger partial charge in [0.2, 0.25) is 0 Å². The van der Waals surface area contributed by atoms with E-state index in [1.165, 1.54) is 18.7 Å². The number of hydrogen-bond donors (Lipinski definition) is 1. The van der Waals surface area contributed by atoms with Crippen LogP contribution in [-0.4, -0.2) is 44.6 Å². The fourth-order valence-electron chi connectivity index (χ4n) is 5.06. The minimum atomic E-state index is -1.92. The SMILES string of the molecule is CSc1cc([C@H](O)[C@](C)(OCc2ccc(-c3ccccc3)cc2)C(=O)N2C(=O)OC(C)(C)[C@@H]2c2ccccc2)no1. The van der Waals surface area contributed by atoms with Crippen molar-refractivity contribution in [3.05, 3.63) is 108 Å². The number of aromatic nitrogens is 1. The molecule has 5 rings (SSSR count). The molecule has 0 spiro atoms. The number of hydrogen-bond acceptors (Lipinski definition) is 8. The summed E-state index contributed by atoms with van der Waals surface area (Å²) in [5, 5.41) is 16.0. The quantitative estimate of drug-likeness (QED) is 0.225. The first-order valence-electron chi connectivity index (χ1n) is 13.2. The summed E-state index contributed by atoms with van der Waals surface area (Å²) >= 11 is 1.31. The first-order valence-corrected chi connectivity index (χ1v) is 14.4. The Kier molecular flexibility index (Phi) is 8.04. The second-order valence-corrected chi connectivity index (χ2v) is 11.4. The van der Waals surface area contributed by atoms with Gasteiger partial charge in [-0.05, 0) is 49.3 Å². The van der Waals surface area contributed by atoms with Crippen molar-refractivity contribution in [3.63, 3.8) is 0 Å². The number of cyclic esters (lactones) is 1. The molecule has 1 fully saturated rings. The van der Waals surface area contributed by atoms with E-state index in [1.807, 2.05) is 91.2 Å². The van der Waals surface area contributed by atoms with Gasteiger partial charge >= 0.3 is 6.09 Å². The normalized spacial score (nSPS) is 18.5. The number of aliphatic hydroxyl groups excluding tert-OH is 1. The highest BCUT2D eigenvalue weighted by atomic mass is 32.2. The van der Waals surface area contributed by atoms with Crippen molar-refractivity contribution in [1.82, 2.24) is 10.1 Å². The van der Waals surface area contributed by atoms with Crippen molar-refractivity contribution in [3.8, 4) is 11.1 Å². The molecule has 212 valence electrons. The third-order valence-electron chi connectivity index (χ3n) is 7.33. The van der Waals surface area contributed by atoms with Gasteiger partial charge in [-0.25, -0.2) is 9.69 Å². The number of amides is 2. The highest BCUT2D eigenvalue weighted by molar-refractivity contribution is 7.98. The fourth-order valence-corrected chi connectivity index (χ4v) is 5.42. The molecule has 1 aliphatic rings. The Morgan fingerprint density at radius 1 is 1.05 bits per heavy atom. The van der Waals surface area contributed by atoms with Crippen LogP contribution in [0.2, 0.25) is 0 Å². The topological polar surface area (TPSA) is 102 Å². The van der Waals surface area contributed by atoms with E-state index in [9.17, 15) is 14.7 Å². The molecule has 1 saturated heterocycles. The third kappa shape index (κ3) is 5.66. The molecule has 3 atom stereocenters. The molecule has 9 heteroatoms. The van der Waals surface area contributed by atoms with Crippen molar-refractivity contribution in [2.45, 2.75) is 55.8 Å². The number of benzene rings is 3. The Morgan fingerprint density at radius 3 is 2.27 bits per heavy atom. The van der Waals surface area contributed by atoms with Crippen LogP contribution in [-0.2, 0) is 20.9 Å². The van der Waals surface area contributed by atoms with Gasteiger partial charge in [-0.1, -0.05) is 102 Å². The van der Waals surface area contributed by atoms with Gasteiger partial charge in [-0.15, -0.1) is 0 Å². The maximum atomic E-state index is 14.4. The molecule has 3 aromatic carbocycles. The first kappa shape index (κ1) is 28.6. The van der Waals surface area contributed by atoms with Crippen molar-refractivity contribution in [2.75, 3.05) is 6.26 Å². The van der Waals surface area contributed by atoms with Crippen LogP contribution >= 0.6 is 11.8 Å². The van der Waals surface area contributed by atoms with E-state index in [0.717, 1.165) is 27.2 Å². The summed E-state index contributed by atoms with van der Waals surface area (Å²) in [6, 6.07) is 27.7. The van der Waals surface area contributed by atoms with Crippen molar-refractivity contribution in [2.24, 2.45) is 0 Å². The molecule has 8 nitrogen and oxygen atoms in total. The molecule has 4 aromatic rings. The molecule has 0 aliphatic carbocycles. The van der Waals surface area contributed by atoms with Crippen LogP contribution in [0.1, 0.15) is 49.7 Å². The average Bonchev–Trinajstić information content (AvgIpc) is 3.57. The first-order chi connectivity index (χ1) is 19.6. The predicted octanol–water partition coefficient (Wildman–Crippen LogP) is 6.57. The summed E-state index contributed by atoms with van der Waals surface area (Å²) in [6.45, 7) is 4.96. The van der Waals surface area contributed by atoms with E-state index in [2.05, 4.69) is 5.16 Å². The monoisotopic (exact) mass is 572 g/mol. The lowest BCUT2D eigenvalue weighted by Crippen LogP contribution is -2.54. The fraction of sp³-hybridized carbons (Fsp3) is 0.281. The number of imide groups is 1. The largest absolute Gasteiger partial charge is 0.440 e. The number of thioether (sulfide) groups is 1. The number of carbonyl (C=O) groups excluding carboxylic acids is 2. The molecular formula is C32H32N2O6S. The van der Waals surface area contributed by atoms with E-state index in [4.69, 9.17) is 14.0 Å². The number of carbonyl (C=O) groups is 2. The summed E-state index contributed by atoms with van der Waals surface area (Å²) < 4.78 is 17.2. The zero-order valence-electron chi connectivity index (χ0n) is 23.3. The Morgan fingerprint density at radius 2 is 1.66 bits per heavy atom. The lowest BCUT2D eigenvalue weighted by atomic mass is 9.88. The van der Waals surface area contributed by atoms with Gasteiger partial charge in [0, 0.05) is 6.07 Å². The summed E-state index contributed by atoms with van der Waals surface area (Å²) in [5.74, 6) is -0.746. The summed E-state index contributed by atoms with van der Waals surface area (Å²) in [5.41, 5.74) is 0.791. The number of nitrogens with zero attached hydrogens (tertiary/aromatic N) is 2.